The smallest absolute Gasteiger partial charge is 0.330 e. The number of nitrogens with zero attached hydrogens (tertiary/aromatic N) is 1. The molecule has 5 heteroatoms. The third-order valence-electron chi connectivity index (χ3n) is 2.11. The molecule has 1 heterocycles. The third kappa shape index (κ3) is 4.55. The number of aryl methyl sites for hydroxylation is 1. The van der Waals surface area contributed by atoms with Gasteiger partial charge < -0.3 is 10.4 Å². The lowest BCUT2D eigenvalue weighted by atomic mass is 10.3. The maximum Gasteiger partial charge on any atom is 0.330 e. The van der Waals surface area contributed by atoms with Gasteiger partial charge >= 0.3 is 5.97 Å². The first-order valence-corrected chi connectivity index (χ1v) is 5.99. The molecule has 0 aliphatic rings. The van der Waals surface area contributed by atoms with Crippen molar-refractivity contribution >= 4 is 17.3 Å². The molecule has 1 aromatic heterocycles. The second-order valence-corrected chi connectivity index (χ2v) is 4.57. The van der Waals surface area contributed by atoms with Crippen molar-refractivity contribution in [1.82, 2.24) is 10.3 Å². The second kappa shape index (κ2) is 6.40. The zero-order valence-corrected chi connectivity index (χ0v) is 10.3. The summed E-state index contributed by atoms with van der Waals surface area (Å²) in [6, 6.07) is 0. The van der Waals surface area contributed by atoms with E-state index in [0.29, 0.717) is 12.1 Å². The maximum absolute atomic E-state index is 10.5. The van der Waals surface area contributed by atoms with E-state index in [1.807, 2.05) is 6.92 Å². The molecule has 0 amide bonds. The molecule has 0 aromatic carbocycles. The molecule has 1 aromatic rings. The summed E-state index contributed by atoms with van der Waals surface area (Å²) in [6.07, 6.45) is 2.55. The second-order valence-electron chi connectivity index (χ2n) is 3.50. The van der Waals surface area contributed by atoms with Gasteiger partial charge in [-0.1, -0.05) is 6.08 Å². The van der Waals surface area contributed by atoms with Crippen LogP contribution in [-0.2, 0) is 11.2 Å². The van der Waals surface area contributed by atoms with Crippen LogP contribution in [0.2, 0.25) is 0 Å². The summed E-state index contributed by atoms with van der Waals surface area (Å²) in [7, 11) is 0. The fraction of sp³-hybridized carbons (Fsp3) is 0.455. The Hall–Kier alpha value is -1.20. The summed E-state index contributed by atoms with van der Waals surface area (Å²) in [6.45, 7) is 4.97. The van der Waals surface area contributed by atoms with E-state index in [9.17, 15) is 4.79 Å². The lowest BCUT2D eigenvalue weighted by Gasteiger charge is -1.99. The standard InChI is InChI=1S/C11H16N2O2S/c1-8(11(14)15)3-5-12-6-4-10-7-16-9(2)13-10/h3,7,12H,4-6H2,1-2H3,(H,14,15). The number of aromatic nitrogens is 1. The third-order valence-corrected chi connectivity index (χ3v) is 2.94. The Bertz CT molecular complexity index is 385. The van der Waals surface area contributed by atoms with E-state index >= 15 is 0 Å². The highest BCUT2D eigenvalue weighted by Crippen LogP contribution is 2.07. The van der Waals surface area contributed by atoms with Crippen LogP contribution in [0.3, 0.4) is 0 Å². The van der Waals surface area contributed by atoms with E-state index in [1.165, 1.54) is 0 Å². The van der Waals surface area contributed by atoms with Crippen molar-refractivity contribution in [3.8, 4) is 0 Å². The summed E-state index contributed by atoms with van der Waals surface area (Å²) < 4.78 is 0. The first-order valence-electron chi connectivity index (χ1n) is 5.11. The molecule has 2 N–H and O–H groups in total. The summed E-state index contributed by atoms with van der Waals surface area (Å²) in [5.74, 6) is -0.864. The fourth-order valence-corrected chi connectivity index (χ4v) is 1.80. The van der Waals surface area contributed by atoms with Crippen LogP contribution in [0.4, 0.5) is 0 Å². The molecule has 0 unspecified atom stereocenters. The number of rotatable bonds is 6. The van der Waals surface area contributed by atoms with Gasteiger partial charge in [-0.25, -0.2) is 9.78 Å². The molecule has 0 saturated heterocycles. The van der Waals surface area contributed by atoms with E-state index in [-0.39, 0.29) is 0 Å². The number of nitrogens with one attached hydrogen (secondary N) is 1. The Labute approximate surface area is 99.0 Å². The molecular weight excluding hydrogens is 224 g/mol. The van der Waals surface area contributed by atoms with E-state index in [1.54, 1.807) is 24.3 Å². The van der Waals surface area contributed by atoms with Gasteiger partial charge in [0.25, 0.3) is 0 Å². The van der Waals surface area contributed by atoms with Gasteiger partial charge in [-0.3, -0.25) is 0 Å². The fourth-order valence-electron chi connectivity index (χ4n) is 1.15. The number of carboxylic acid groups (broad SMARTS) is 1. The summed E-state index contributed by atoms with van der Waals surface area (Å²) in [5, 5.41) is 14.9. The van der Waals surface area contributed by atoms with E-state index in [0.717, 1.165) is 23.7 Å². The Morgan fingerprint density at radius 3 is 3.00 bits per heavy atom. The first kappa shape index (κ1) is 12.9. The van der Waals surface area contributed by atoms with Gasteiger partial charge in [-0.15, -0.1) is 11.3 Å². The van der Waals surface area contributed by atoms with Gasteiger partial charge in [-0.2, -0.15) is 0 Å². The van der Waals surface area contributed by atoms with Crippen LogP contribution in [0.5, 0.6) is 0 Å². The number of aliphatic carboxylic acids is 1. The van der Waals surface area contributed by atoms with E-state index in [2.05, 4.69) is 15.7 Å². The number of hydrogen-bond donors (Lipinski definition) is 2. The average molecular weight is 240 g/mol. The maximum atomic E-state index is 10.5. The van der Waals surface area contributed by atoms with Crippen LogP contribution in [0.25, 0.3) is 0 Å². The van der Waals surface area contributed by atoms with Gasteiger partial charge in [0.2, 0.25) is 0 Å². The highest BCUT2D eigenvalue weighted by atomic mass is 32.1. The van der Waals surface area contributed by atoms with Crippen LogP contribution in [-0.4, -0.2) is 29.1 Å². The van der Waals surface area contributed by atoms with Crippen molar-refractivity contribution in [2.75, 3.05) is 13.1 Å². The van der Waals surface area contributed by atoms with Gasteiger partial charge in [0.15, 0.2) is 0 Å². The Morgan fingerprint density at radius 2 is 2.44 bits per heavy atom. The van der Waals surface area contributed by atoms with Crippen molar-refractivity contribution in [1.29, 1.82) is 0 Å². The number of thiazole rings is 1. The van der Waals surface area contributed by atoms with Gasteiger partial charge in [0.1, 0.15) is 0 Å². The van der Waals surface area contributed by atoms with Crippen LogP contribution in [0.1, 0.15) is 17.6 Å². The predicted molar refractivity (Wildman–Crippen MR) is 64.8 cm³/mol. The highest BCUT2D eigenvalue weighted by Gasteiger charge is 1.99. The SMILES string of the molecule is CC(=CCNCCc1csc(C)n1)C(=O)O. The molecule has 0 radical (unpaired) electrons. The summed E-state index contributed by atoms with van der Waals surface area (Å²) in [5.41, 5.74) is 1.46. The molecule has 1 rings (SSSR count). The van der Waals surface area contributed by atoms with Gasteiger partial charge in [0, 0.05) is 30.5 Å². The molecule has 0 atom stereocenters. The lowest BCUT2D eigenvalue weighted by Crippen LogP contribution is -2.18. The molecule has 0 bridgehead atoms. The van der Waals surface area contributed by atoms with E-state index in [4.69, 9.17) is 5.11 Å². The monoisotopic (exact) mass is 240 g/mol. The van der Waals surface area contributed by atoms with Crippen molar-refractivity contribution in [3.05, 3.63) is 27.7 Å². The van der Waals surface area contributed by atoms with Crippen LogP contribution < -0.4 is 5.32 Å². The first-order chi connectivity index (χ1) is 7.59. The predicted octanol–water partition coefficient (Wildman–Crippen LogP) is 1.61. The topological polar surface area (TPSA) is 62.2 Å². The average Bonchev–Trinajstić information content (AvgIpc) is 2.63. The van der Waals surface area contributed by atoms with Crippen LogP contribution >= 0.6 is 11.3 Å². The molecular formula is C11H16N2O2S. The van der Waals surface area contributed by atoms with Crippen molar-refractivity contribution in [2.45, 2.75) is 20.3 Å². The number of carbonyl (C=O) groups is 1. The van der Waals surface area contributed by atoms with Gasteiger partial charge in [0.05, 0.1) is 10.7 Å². The minimum Gasteiger partial charge on any atom is -0.478 e. The Kier molecular flexibility index (Phi) is 5.14. The van der Waals surface area contributed by atoms with Crippen molar-refractivity contribution in [2.24, 2.45) is 0 Å². The molecule has 16 heavy (non-hydrogen) atoms. The van der Waals surface area contributed by atoms with Gasteiger partial charge in [-0.05, 0) is 13.8 Å². The van der Waals surface area contributed by atoms with Crippen molar-refractivity contribution < 1.29 is 9.90 Å². The quantitative estimate of drug-likeness (QED) is 0.586. The summed E-state index contributed by atoms with van der Waals surface area (Å²) >= 11 is 1.65. The highest BCUT2D eigenvalue weighted by molar-refractivity contribution is 7.09. The molecule has 4 nitrogen and oxygen atoms in total. The minimum atomic E-state index is -0.864. The molecule has 0 aliphatic carbocycles. The Balaban J connectivity index is 2.17. The Morgan fingerprint density at radius 1 is 1.69 bits per heavy atom. The zero-order valence-electron chi connectivity index (χ0n) is 9.49. The minimum absolute atomic E-state index is 0.372. The van der Waals surface area contributed by atoms with Crippen LogP contribution in [0, 0.1) is 6.92 Å². The molecule has 0 fully saturated rings. The zero-order chi connectivity index (χ0) is 12.0. The molecule has 88 valence electrons. The van der Waals surface area contributed by atoms with E-state index < -0.39 is 5.97 Å². The van der Waals surface area contributed by atoms with Crippen LogP contribution in [0.15, 0.2) is 17.0 Å². The van der Waals surface area contributed by atoms with Crippen molar-refractivity contribution in [3.63, 3.8) is 0 Å². The normalized spacial score (nSPS) is 11.8. The molecule has 0 spiro atoms. The largest absolute Gasteiger partial charge is 0.478 e. The molecule has 0 aliphatic heterocycles. The number of hydrogen-bond acceptors (Lipinski definition) is 4. The summed E-state index contributed by atoms with van der Waals surface area (Å²) in [4.78, 5) is 14.8. The molecule has 0 saturated carbocycles. The lowest BCUT2D eigenvalue weighted by molar-refractivity contribution is -0.132. The number of carboxylic acids is 1.